The molecule has 1 aromatic heterocycles. The second kappa shape index (κ2) is 6.27. The molecule has 3 aliphatic heterocycles. The van der Waals surface area contributed by atoms with Crippen LogP contribution in [-0.4, -0.2) is 85.1 Å². The molecule has 4 rings (SSSR count). The summed E-state index contributed by atoms with van der Waals surface area (Å²) in [5.74, 6) is 0.881. The minimum absolute atomic E-state index is 0.104. The van der Waals surface area contributed by atoms with Gasteiger partial charge in [0.2, 0.25) is 0 Å². The van der Waals surface area contributed by atoms with Gasteiger partial charge in [0.05, 0.1) is 45.4 Å². The van der Waals surface area contributed by atoms with Gasteiger partial charge in [-0.1, -0.05) is 0 Å². The summed E-state index contributed by atoms with van der Waals surface area (Å²) in [6, 6.07) is 0. The number of fused-ring (bicyclic) bond motifs is 1. The number of aliphatic hydroxyl groups is 1. The summed E-state index contributed by atoms with van der Waals surface area (Å²) in [6.45, 7) is 5.08. The van der Waals surface area contributed by atoms with Crippen molar-refractivity contribution in [3.63, 3.8) is 0 Å². The number of ether oxygens (including phenoxy) is 2. The first-order valence-electron chi connectivity index (χ1n) is 8.34. The molecule has 1 N–H and O–H groups in total. The molecule has 130 valence electrons. The third-order valence-electron chi connectivity index (χ3n) is 5.30. The van der Waals surface area contributed by atoms with E-state index in [4.69, 9.17) is 9.47 Å². The Balaban J connectivity index is 1.52. The van der Waals surface area contributed by atoms with Gasteiger partial charge in [-0.3, -0.25) is 9.78 Å². The van der Waals surface area contributed by atoms with Gasteiger partial charge in [-0.25, -0.2) is 4.98 Å². The lowest BCUT2D eigenvalue weighted by molar-refractivity contribution is 0.0298. The van der Waals surface area contributed by atoms with Crippen LogP contribution in [0.15, 0.2) is 12.4 Å². The Morgan fingerprint density at radius 1 is 1.33 bits per heavy atom. The first kappa shape index (κ1) is 15.7. The molecule has 1 aromatic rings. The number of aromatic nitrogens is 2. The van der Waals surface area contributed by atoms with Gasteiger partial charge < -0.3 is 24.4 Å². The lowest BCUT2D eigenvalue weighted by Crippen LogP contribution is -2.41. The van der Waals surface area contributed by atoms with Gasteiger partial charge >= 0.3 is 0 Å². The highest BCUT2D eigenvalue weighted by atomic mass is 16.5. The minimum atomic E-state index is -0.216. The van der Waals surface area contributed by atoms with Crippen LogP contribution in [0, 0.1) is 11.3 Å². The topological polar surface area (TPSA) is 88.0 Å². The summed E-state index contributed by atoms with van der Waals surface area (Å²) < 4.78 is 10.8. The molecule has 3 aliphatic rings. The van der Waals surface area contributed by atoms with E-state index in [1.165, 1.54) is 6.20 Å². The smallest absolute Gasteiger partial charge is 0.274 e. The number of rotatable bonds is 3. The van der Waals surface area contributed by atoms with E-state index in [1.807, 2.05) is 0 Å². The van der Waals surface area contributed by atoms with Gasteiger partial charge in [0, 0.05) is 37.5 Å². The zero-order valence-electron chi connectivity index (χ0n) is 13.6. The quantitative estimate of drug-likeness (QED) is 0.789. The van der Waals surface area contributed by atoms with E-state index < -0.39 is 0 Å². The molecule has 0 saturated carbocycles. The zero-order chi connectivity index (χ0) is 16.6. The molecule has 0 spiro atoms. The van der Waals surface area contributed by atoms with E-state index in [-0.39, 0.29) is 17.9 Å². The number of aliphatic hydroxyl groups excluding tert-OH is 1. The summed E-state index contributed by atoms with van der Waals surface area (Å²) in [5, 5.41) is 9.79. The molecule has 24 heavy (non-hydrogen) atoms. The van der Waals surface area contributed by atoms with Gasteiger partial charge in [-0.15, -0.1) is 0 Å². The van der Waals surface area contributed by atoms with E-state index in [2.05, 4.69) is 14.9 Å². The van der Waals surface area contributed by atoms with Crippen molar-refractivity contribution in [3.05, 3.63) is 18.1 Å². The molecule has 0 unspecified atom stereocenters. The van der Waals surface area contributed by atoms with Crippen LogP contribution in [0.1, 0.15) is 10.5 Å². The fourth-order valence-electron chi connectivity index (χ4n) is 3.77. The molecule has 3 fully saturated rings. The first-order valence-corrected chi connectivity index (χ1v) is 8.34. The van der Waals surface area contributed by atoms with Crippen LogP contribution in [-0.2, 0) is 9.47 Å². The van der Waals surface area contributed by atoms with Crippen molar-refractivity contribution in [2.45, 2.75) is 0 Å². The average Bonchev–Trinajstić information content (AvgIpc) is 3.19. The van der Waals surface area contributed by atoms with Crippen LogP contribution >= 0.6 is 0 Å². The fourth-order valence-corrected chi connectivity index (χ4v) is 3.77. The molecule has 2 atom stereocenters. The van der Waals surface area contributed by atoms with Crippen LogP contribution in [0.25, 0.3) is 0 Å². The molecule has 0 aromatic carbocycles. The highest BCUT2D eigenvalue weighted by Crippen LogP contribution is 2.41. The standard InChI is InChI=1S/C16H22N4O4/c21-10-16-9-20(7-12(16)8-24-11-16)14-6-17-5-13(18-14)15(22)19-1-3-23-4-2-19/h5-6,12,21H,1-4,7-11H2/t12-,16-/m0/s1. The lowest BCUT2D eigenvalue weighted by Gasteiger charge is -2.27. The van der Waals surface area contributed by atoms with E-state index >= 15 is 0 Å². The fraction of sp³-hybridized carbons (Fsp3) is 0.688. The summed E-state index contributed by atoms with van der Waals surface area (Å²) in [5.41, 5.74) is 0.145. The van der Waals surface area contributed by atoms with Crippen molar-refractivity contribution < 1.29 is 19.4 Å². The molecule has 8 heteroatoms. The molecule has 0 aliphatic carbocycles. The Bertz CT molecular complexity index is 622. The van der Waals surface area contributed by atoms with Crippen LogP contribution in [0.4, 0.5) is 5.82 Å². The highest BCUT2D eigenvalue weighted by molar-refractivity contribution is 5.92. The molecule has 0 bridgehead atoms. The summed E-state index contributed by atoms with van der Waals surface area (Å²) in [6.07, 6.45) is 3.20. The van der Waals surface area contributed by atoms with E-state index in [0.29, 0.717) is 63.5 Å². The summed E-state index contributed by atoms with van der Waals surface area (Å²) in [7, 11) is 0. The number of nitrogens with zero attached hydrogens (tertiary/aromatic N) is 4. The predicted molar refractivity (Wildman–Crippen MR) is 84.8 cm³/mol. The van der Waals surface area contributed by atoms with E-state index in [1.54, 1.807) is 11.1 Å². The lowest BCUT2D eigenvalue weighted by atomic mass is 9.82. The Labute approximate surface area is 140 Å². The van der Waals surface area contributed by atoms with Crippen LogP contribution in [0.5, 0.6) is 0 Å². The van der Waals surface area contributed by atoms with Crippen molar-refractivity contribution in [2.24, 2.45) is 11.3 Å². The third-order valence-corrected chi connectivity index (χ3v) is 5.30. The number of hydrogen-bond donors (Lipinski definition) is 1. The molecular formula is C16H22N4O4. The maximum atomic E-state index is 12.6. The maximum Gasteiger partial charge on any atom is 0.274 e. The second-order valence-corrected chi connectivity index (χ2v) is 6.78. The molecule has 8 nitrogen and oxygen atoms in total. The van der Waals surface area contributed by atoms with Crippen molar-refractivity contribution >= 4 is 11.7 Å². The molecule has 4 heterocycles. The van der Waals surface area contributed by atoms with Gasteiger partial charge in [0.15, 0.2) is 0 Å². The Kier molecular flexibility index (Phi) is 4.11. The van der Waals surface area contributed by atoms with Crippen LogP contribution < -0.4 is 4.90 Å². The summed E-state index contributed by atoms with van der Waals surface area (Å²) in [4.78, 5) is 25.2. The Morgan fingerprint density at radius 2 is 2.17 bits per heavy atom. The molecular weight excluding hydrogens is 312 g/mol. The van der Waals surface area contributed by atoms with Gasteiger partial charge in [0.1, 0.15) is 11.5 Å². The predicted octanol–water partition coefficient (Wildman–Crippen LogP) is -0.606. The van der Waals surface area contributed by atoms with Gasteiger partial charge in [-0.2, -0.15) is 0 Å². The number of carbonyl (C=O) groups excluding carboxylic acids is 1. The Hall–Kier alpha value is -1.77. The second-order valence-electron chi connectivity index (χ2n) is 6.78. The minimum Gasteiger partial charge on any atom is -0.396 e. The Morgan fingerprint density at radius 3 is 2.92 bits per heavy atom. The number of anilines is 1. The number of amides is 1. The molecule has 0 radical (unpaired) electrons. The normalized spacial score (nSPS) is 29.8. The van der Waals surface area contributed by atoms with E-state index in [9.17, 15) is 9.90 Å². The first-order chi connectivity index (χ1) is 11.7. The van der Waals surface area contributed by atoms with Crippen molar-refractivity contribution in [1.29, 1.82) is 0 Å². The number of hydrogen-bond acceptors (Lipinski definition) is 7. The van der Waals surface area contributed by atoms with Crippen molar-refractivity contribution in [3.8, 4) is 0 Å². The molecule has 1 amide bonds. The highest BCUT2D eigenvalue weighted by Gasteiger charge is 2.50. The van der Waals surface area contributed by atoms with Crippen molar-refractivity contribution in [1.82, 2.24) is 14.9 Å². The number of morpholine rings is 1. The van der Waals surface area contributed by atoms with Crippen LogP contribution in [0.2, 0.25) is 0 Å². The summed E-state index contributed by atoms with van der Waals surface area (Å²) >= 11 is 0. The SMILES string of the molecule is O=C(c1cncc(N2C[C@H]3COC[C@@]3(CO)C2)n1)N1CCOCC1. The third kappa shape index (κ3) is 2.64. The van der Waals surface area contributed by atoms with Crippen molar-refractivity contribution in [2.75, 3.05) is 64.1 Å². The monoisotopic (exact) mass is 334 g/mol. The average molecular weight is 334 g/mol. The molecule has 3 saturated heterocycles. The van der Waals surface area contributed by atoms with Crippen LogP contribution in [0.3, 0.4) is 0 Å². The van der Waals surface area contributed by atoms with Gasteiger partial charge in [-0.05, 0) is 0 Å². The van der Waals surface area contributed by atoms with E-state index in [0.717, 1.165) is 6.54 Å². The largest absolute Gasteiger partial charge is 0.396 e. The van der Waals surface area contributed by atoms with Gasteiger partial charge in [0.25, 0.3) is 5.91 Å². The number of carbonyl (C=O) groups is 1. The maximum absolute atomic E-state index is 12.6. The zero-order valence-corrected chi connectivity index (χ0v) is 13.6.